The first kappa shape index (κ1) is 27.7. The predicted octanol–water partition coefficient (Wildman–Crippen LogP) is 5.31. The van der Waals surface area contributed by atoms with E-state index < -0.39 is 10.0 Å². The van der Waals surface area contributed by atoms with Gasteiger partial charge in [0.05, 0.1) is 4.90 Å². The average Bonchev–Trinajstić information content (AvgIpc) is 3.36. The Morgan fingerprint density at radius 3 is 2.12 bits per heavy atom. The minimum atomic E-state index is -3.57. The Hall–Kier alpha value is -3.46. The van der Waals surface area contributed by atoms with Gasteiger partial charge in [-0.3, -0.25) is 9.69 Å². The molecule has 2 fully saturated rings. The summed E-state index contributed by atoms with van der Waals surface area (Å²) in [5.41, 5.74) is 6.89. The van der Waals surface area contributed by atoms with E-state index in [1.807, 2.05) is 18.2 Å². The lowest BCUT2D eigenvalue weighted by atomic mass is 9.84. The van der Waals surface area contributed by atoms with E-state index in [0.29, 0.717) is 36.1 Å². The van der Waals surface area contributed by atoms with Gasteiger partial charge in [0.2, 0.25) is 10.0 Å². The van der Waals surface area contributed by atoms with Crippen LogP contribution in [0.1, 0.15) is 51.5 Å². The molecule has 0 saturated carbocycles. The Labute approximate surface area is 242 Å². The molecule has 0 atom stereocenters. The zero-order valence-corrected chi connectivity index (χ0v) is 24.7. The van der Waals surface area contributed by atoms with Crippen LogP contribution in [0.25, 0.3) is 10.9 Å². The van der Waals surface area contributed by atoms with E-state index in [-0.39, 0.29) is 19.0 Å². The number of nitrogens with zero attached hydrogens (tertiary/aromatic N) is 3. The van der Waals surface area contributed by atoms with E-state index in [9.17, 15) is 13.2 Å². The fourth-order valence-corrected chi connectivity index (χ4v) is 8.10. The predicted molar refractivity (Wildman–Crippen MR) is 163 cm³/mol. The summed E-state index contributed by atoms with van der Waals surface area (Å²) in [6, 6.07) is 23.2. The van der Waals surface area contributed by atoms with E-state index in [0.717, 1.165) is 42.4 Å². The maximum atomic E-state index is 13.9. The average molecular weight is 571 g/mol. The van der Waals surface area contributed by atoms with Crippen molar-refractivity contribution in [2.24, 2.45) is 0 Å². The van der Waals surface area contributed by atoms with Crippen LogP contribution in [0.3, 0.4) is 0 Å². The molecule has 214 valence electrons. The fraction of sp³-hybridized carbons (Fsp3) is 0.364. The number of likely N-dealkylation sites (tertiary alicyclic amines) is 1. The molecule has 8 heteroatoms. The van der Waals surface area contributed by atoms with E-state index in [1.54, 1.807) is 35.2 Å². The molecule has 7 nitrogen and oxygen atoms in total. The first-order valence-electron chi connectivity index (χ1n) is 14.6. The topological polar surface area (TPSA) is 76.7 Å². The maximum Gasteiger partial charge on any atom is 0.270 e. The number of fused-ring (bicyclic) bond motifs is 1. The van der Waals surface area contributed by atoms with Gasteiger partial charge in [-0.25, -0.2) is 8.42 Å². The highest BCUT2D eigenvalue weighted by Crippen LogP contribution is 2.34. The van der Waals surface area contributed by atoms with Gasteiger partial charge in [0.1, 0.15) is 5.69 Å². The zero-order chi connectivity index (χ0) is 28.6. The van der Waals surface area contributed by atoms with Crippen LogP contribution in [-0.4, -0.2) is 72.7 Å². The monoisotopic (exact) mass is 570 g/mol. The molecule has 0 unspecified atom stereocenters. The van der Waals surface area contributed by atoms with Crippen molar-refractivity contribution in [3.8, 4) is 0 Å². The molecule has 41 heavy (non-hydrogen) atoms. The Bertz CT molecular complexity index is 1630. The van der Waals surface area contributed by atoms with Gasteiger partial charge < -0.3 is 9.88 Å². The van der Waals surface area contributed by atoms with E-state index >= 15 is 0 Å². The molecule has 1 amide bonds. The summed E-state index contributed by atoms with van der Waals surface area (Å²) >= 11 is 0. The van der Waals surface area contributed by atoms with Crippen molar-refractivity contribution in [3.63, 3.8) is 0 Å². The van der Waals surface area contributed by atoms with Gasteiger partial charge >= 0.3 is 0 Å². The lowest BCUT2D eigenvalue weighted by molar-refractivity contribution is 0.0690. The maximum absolute atomic E-state index is 13.9. The summed E-state index contributed by atoms with van der Waals surface area (Å²) in [5.74, 6) is 0.512. The number of nitrogens with one attached hydrogen (secondary N) is 1. The molecule has 2 aliphatic heterocycles. The van der Waals surface area contributed by atoms with Crippen LogP contribution >= 0.6 is 0 Å². The highest BCUT2D eigenvalue weighted by Gasteiger charge is 2.32. The minimum absolute atomic E-state index is 0.0571. The first-order valence-corrected chi connectivity index (χ1v) is 16.0. The number of para-hydroxylation sites is 1. The number of carbonyl (C=O) groups is 1. The molecule has 1 aromatic heterocycles. The Kier molecular flexibility index (Phi) is 7.72. The minimum Gasteiger partial charge on any atom is -0.350 e. The molecule has 0 bridgehead atoms. The smallest absolute Gasteiger partial charge is 0.270 e. The van der Waals surface area contributed by atoms with Gasteiger partial charge in [-0.1, -0.05) is 54.6 Å². The largest absolute Gasteiger partial charge is 0.350 e. The van der Waals surface area contributed by atoms with Gasteiger partial charge in [0.15, 0.2) is 0 Å². The summed E-state index contributed by atoms with van der Waals surface area (Å²) in [6.45, 7) is 8.41. The molecule has 3 heterocycles. The fourth-order valence-electron chi connectivity index (χ4n) is 6.65. The van der Waals surface area contributed by atoms with Crippen molar-refractivity contribution >= 4 is 26.8 Å². The van der Waals surface area contributed by atoms with Crippen LogP contribution in [0, 0.1) is 13.8 Å². The van der Waals surface area contributed by atoms with Gasteiger partial charge in [-0.15, -0.1) is 0 Å². The number of carbonyl (C=O) groups excluding carboxylic acids is 1. The van der Waals surface area contributed by atoms with Crippen molar-refractivity contribution in [1.82, 2.24) is 19.1 Å². The highest BCUT2D eigenvalue weighted by atomic mass is 32.2. The quantitative estimate of drug-likeness (QED) is 0.341. The second-order valence-electron chi connectivity index (χ2n) is 11.4. The molecular formula is C33H38N4O3S. The van der Waals surface area contributed by atoms with Crippen molar-refractivity contribution < 1.29 is 13.2 Å². The number of piperazine rings is 1. The van der Waals surface area contributed by atoms with Gasteiger partial charge in [0, 0.05) is 49.2 Å². The highest BCUT2D eigenvalue weighted by molar-refractivity contribution is 7.89. The summed E-state index contributed by atoms with van der Waals surface area (Å²) < 4.78 is 27.7. The van der Waals surface area contributed by atoms with Crippen LogP contribution in [0.15, 0.2) is 77.7 Å². The van der Waals surface area contributed by atoms with Crippen LogP contribution in [0.5, 0.6) is 0 Å². The van der Waals surface area contributed by atoms with Crippen molar-refractivity contribution in [3.05, 3.63) is 101 Å². The number of piperidine rings is 1. The molecule has 0 aliphatic carbocycles. The first-order chi connectivity index (χ1) is 19.8. The standard InChI is InChI=1S/C33H38N4O3S/c1-24-9-8-10-25(2)31(24)26-15-17-35(18-16-26)23-29-28-13-6-7-14-30(28)34-32(29)33(38)36-19-21-37(22-20-36)41(39,40)27-11-4-3-5-12-27/h3-14,26,34H,15-23H2,1-2H3. The molecular weight excluding hydrogens is 532 g/mol. The van der Waals surface area contributed by atoms with Crippen LogP contribution < -0.4 is 0 Å². The summed E-state index contributed by atoms with van der Waals surface area (Å²) in [6.07, 6.45) is 2.21. The molecule has 1 N–H and O–H groups in total. The van der Waals surface area contributed by atoms with Crippen LogP contribution in [0.4, 0.5) is 0 Å². The number of aryl methyl sites for hydroxylation is 2. The van der Waals surface area contributed by atoms with Gasteiger partial charge in [0.25, 0.3) is 5.91 Å². The van der Waals surface area contributed by atoms with Gasteiger partial charge in [-0.2, -0.15) is 4.31 Å². The number of aromatic amines is 1. The van der Waals surface area contributed by atoms with Crippen molar-refractivity contribution in [2.45, 2.75) is 44.0 Å². The third-order valence-electron chi connectivity index (χ3n) is 8.85. The molecule has 0 radical (unpaired) electrons. The lowest BCUT2D eigenvalue weighted by Gasteiger charge is -2.35. The molecule has 2 saturated heterocycles. The van der Waals surface area contributed by atoms with Crippen molar-refractivity contribution in [2.75, 3.05) is 39.3 Å². The van der Waals surface area contributed by atoms with E-state index in [4.69, 9.17) is 0 Å². The number of sulfonamides is 1. The molecule has 2 aliphatic rings. The molecule has 4 aromatic rings. The van der Waals surface area contributed by atoms with Gasteiger partial charge in [-0.05, 0) is 80.6 Å². The van der Waals surface area contributed by atoms with Crippen LogP contribution in [-0.2, 0) is 16.6 Å². The van der Waals surface area contributed by atoms with E-state index in [2.05, 4.69) is 48.0 Å². The SMILES string of the molecule is Cc1cccc(C)c1C1CCN(Cc2c(C(=O)N3CCN(S(=O)(=O)c4ccccc4)CC3)[nH]c3ccccc23)CC1. The summed E-state index contributed by atoms with van der Waals surface area (Å²) in [5, 5.41) is 1.08. The zero-order valence-electron chi connectivity index (χ0n) is 23.8. The normalized spacial score (nSPS) is 17.8. The Morgan fingerprint density at radius 2 is 1.44 bits per heavy atom. The third kappa shape index (κ3) is 5.44. The number of amides is 1. The second kappa shape index (κ2) is 11.4. The number of benzene rings is 3. The number of H-pyrrole nitrogens is 1. The molecule has 3 aromatic carbocycles. The summed E-state index contributed by atoms with van der Waals surface area (Å²) in [7, 11) is -3.57. The van der Waals surface area contributed by atoms with Crippen molar-refractivity contribution in [1.29, 1.82) is 0 Å². The van der Waals surface area contributed by atoms with Crippen LogP contribution in [0.2, 0.25) is 0 Å². The third-order valence-corrected chi connectivity index (χ3v) is 10.8. The number of aromatic nitrogens is 1. The molecule has 6 rings (SSSR count). The number of rotatable bonds is 6. The second-order valence-corrected chi connectivity index (χ2v) is 13.3. The Morgan fingerprint density at radius 1 is 0.805 bits per heavy atom. The molecule has 0 spiro atoms. The lowest BCUT2D eigenvalue weighted by Crippen LogP contribution is -2.50. The Balaban J connectivity index is 1.17. The number of hydrogen-bond acceptors (Lipinski definition) is 4. The number of hydrogen-bond donors (Lipinski definition) is 1. The van der Waals surface area contributed by atoms with E-state index in [1.165, 1.54) is 21.0 Å². The summed E-state index contributed by atoms with van der Waals surface area (Å²) in [4.78, 5) is 21.9.